The Morgan fingerprint density at radius 3 is 2.57 bits per heavy atom. The highest BCUT2D eigenvalue weighted by Crippen LogP contribution is 2.35. The van der Waals surface area contributed by atoms with Gasteiger partial charge in [-0.3, -0.25) is 4.79 Å². The van der Waals surface area contributed by atoms with Gasteiger partial charge in [0.15, 0.2) is 0 Å². The third-order valence-corrected chi connectivity index (χ3v) is 4.57. The molecule has 0 aliphatic heterocycles. The van der Waals surface area contributed by atoms with Gasteiger partial charge in [-0.05, 0) is 51.9 Å². The first kappa shape index (κ1) is 15.8. The van der Waals surface area contributed by atoms with Crippen molar-refractivity contribution in [1.29, 1.82) is 0 Å². The Bertz CT molecular complexity index is 487. The zero-order chi connectivity index (χ0) is 15.5. The Kier molecular flexibility index (Phi) is 4.83. The van der Waals surface area contributed by atoms with Crippen molar-refractivity contribution in [1.82, 2.24) is 15.2 Å². The third-order valence-electron chi connectivity index (χ3n) is 4.57. The van der Waals surface area contributed by atoms with Gasteiger partial charge >= 0.3 is 0 Å². The molecule has 1 saturated carbocycles. The zero-order valence-electron chi connectivity index (χ0n) is 13.5. The second-order valence-electron chi connectivity index (χ2n) is 5.99. The molecule has 2 rings (SSSR count). The Morgan fingerprint density at radius 2 is 2.10 bits per heavy atom. The number of rotatable bonds is 6. The number of anilines is 1. The number of nitrogens with one attached hydrogen (secondary N) is 2. The minimum Gasteiger partial charge on any atom is -0.373 e. The highest BCUT2D eigenvalue weighted by molar-refractivity contribution is 5.95. The second-order valence-corrected chi connectivity index (χ2v) is 5.99. The lowest BCUT2D eigenvalue weighted by Crippen LogP contribution is -2.57. The number of hydrogen-bond donors (Lipinski definition) is 2. The topological polar surface area (TPSA) is 57.3 Å². The van der Waals surface area contributed by atoms with Crippen LogP contribution < -0.4 is 10.6 Å². The third kappa shape index (κ3) is 3.35. The van der Waals surface area contributed by atoms with Gasteiger partial charge < -0.3 is 15.5 Å². The number of aryl methyl sites for hydroxylation is 1. The number of carbonyl (C=O) groups is 1. The van der Waals surface area contributed by atoms with Crippen LogP contribution in [0.5, 0.6) is 0 Å². The molecule has 1 fully saturated rings. The van der Waals surface area contributed by atoms with Crippen LogP contribution in [-0.4, -0.2) is 49.0 Å². The van der Waals surface area contributed by atoms with E-state index < -0.39 is 0 Å². The molecule has 0 bridgehead atoms. The summed E-state index contributed by atoms with van der Waals surface area (Å²) in [6.07, 6.45) is 4.36. The fourth-order valence-electron chi connectivity index (χ4n) is 2.74. The van der Waals surface area contributed by atoms with E-state index in [0.717, 1.165) is 30.8 Å². The van der Waals surface area contributed by atoms with Crippen LogP contribution in [0, 0.1) is 0 Å². The molecular weight excluding hydrogens is 264 g/mol. The minimum absolute atomic E-state index is 0.0169. The molecule has 5 nitrogen and oxygen atoms in total. The average molecular weight is 290 g/mol. The van der Waals surface area contributed by atoms with Gasteiger partial charge in [-0.1, -0.05) is 6.92 Å². The summed E-state index contributed by atoms with van der Waals surface area (Å²) < 4.78 is 0. The van der Waals surface area contributed by atoms with E-state index in [1.165, 1.54) is 6.42 Å². The molecule has 1 aromatic rings. The predicted molar refractivity (Wildman–Crippen MR) is 85.8 cm³/mol. The van der Waals surface area contributed by atoms with E-state index in [1.807, 2.05) is 20.0 Å². The monoisotopic (exact) mass is 290 g/mol. The standard InChI is InChI=1S/C16H26N4O/c1-5-13-9-12(10-14(17-2)19-13)15(21)18-11-16(20(3)4)7-6-8-16/h9-10H,5-8,11H2,1-4H3,(H,17,19)(H,18,21). The summed E-state index contributed by atoms with van der Waals surface area (Å²) in [5, 5.41) is 6.10. The largest absolute Gasteiger partial charge is 0.373 e. The maximum Gasteiger partial charge on any atom is 0.251 e. The van der Waals surface area contributed by atoms with E-state index in [0.29, 0.717) is 12.1 Å². The molecule has 1 amide bonds. The molecule has 1 aromatic heterocycles. The number of carbonyl (C=O) groups excluding carboxylic acids is 1. The van der Waals surface area contributed by atoms with Crippen LogP contribution >= 0.6 is 0 Å². The molecular formula is C16H26N4O. The van der Waals surface area contributed by atoms with Crippen molar-refractivity contribution in [2.45, 2.75) is 38.1 Å². The first-order valence-electron chi connectivity index (χ1n) is 7.65. The molecule has 1 aliphatic rings. The first-order chi connectivity index (χ1) is 10.0. The molecule has 5 heteroatoms. The van der Waals surface area contributed by atoms with Crippen LogP contribution in [0.2, 0.25) is 0 Å². The summed E-state index contributed by atoms with van der Waals surface area (Å²) in [6, 6.07) is 3.68. The maximum absolute atomic E-state index is 12.4. The number of aromatic nitrogens is 1. The normalized spacial score (nSPS) is 16.4. The second kappa shape index (κ2) is 6.43. The Balaban J connectivity index is 2.06. The summed E-state index contributed by atoms with van der Waals surface area (Å²) in [4.78, 5) is 19.1. The van der Waals surface area contributed by atoms with Crippen molar-refractivity contribution in [3.8, 4) is 0 Å². The highest BCUT2D eigenvalue weighted by atomic mass is 16.1. The molecule has 2 N–H and O–H groups in total. The van der Waals surface area contributed by atoms with Crippen LogP contribution in [0.4, 0.5) is 5.82 Å². The zero-order valence-corrected chi connectivity index (χ0v) is 13.5. The van der Waals surface area contributed by atoms with E-state index >= 15 is 0 Å². The lowest BCUT2D eigenvalue weighted by molar-refractivity contribution is 0.0557. The Hall–Kier alpha value is -1.62. The number of pyridine rings is 1. The molecule has 0 atom stereocenters. The number of likely N-dealkylation sites (N-methyl/N-ethyl adjacent to an activating group) is 1. The molecule has 21 heavy (non-hydrogen) atoms. The first-order valence-corrected chi connectivity index (χ1v) is 7.65. The van der Waals surface area contributed by atoms with E-state index in [2.05, 4.69) is 34.6 Å². The molecule has 0 radical (unpaired) electrons. The summed E-state index contributed by atoms with van der Waals surface area (Å²) in [5.74, 6) is 0.724. The van der Waals surface area contributed by atoms with Crippen LogP contribution in [0.3, 0.4) is 0 Å². The van der Waals surface area contributed by atoms with Gasteiger partial charge in [0, 0.05) is 30.4 Å². The highest BCUT2D eigenvalue weighted by Gasteiger charge is 2.39. The van der Waals surface area contributed by atoms with Crippen molar-refractivity contribution in [3.05, 3.63) is 23.4 Å². The molecule has 116 valence electrons. The quantitative estimate of drug-likeness (QED) is 0.840. The van der Waals surface area contributed by atoms with E-state index in [-0.39, 0.29) is 11.4 Å². The van der Waals surface area contributed by atoms with Crippen LogP contribution in [0.25, 0.3) is 0 Å². The smallest absolute Gasteiger partial charge is 0.251 e. The average Bonchev–Trinajstić information content (AvgIpc) is 2.44. The van der Waals surface area contributed by atoms with Crippen molar-refractivity contribution in [2.24, 2.45) is 0 Å². The lowest BCUT2D eigenvalue weighted by atomic mass is 9.75. The number of nitrogens with zero attached hydrogens (tertiary/aromatic N) is 2. The van der Waals surface area contributed by atoms with Gasteiger partial charge in [0.1, 0.15) is 5.82 Å². The molecule has 0 spiro atoms. The summed E-state index contributed by atoms with van der Waals surface area (Å²) in [7, 11) is 6.00. The summed E-state index contributed by atoms with van der Waals surface area (Å²) in [6.45, 7) is 2.75. The SMILES string of the molecule is CCc1cc(C(=O)NCC2(N(C)C)CCC2)cc(NC)n1. The summed E-state index contributed by atoms with van der Waals surface area (Å²) >= 11 is 0. The molecule has 0 aromatic carbocycles. The van der Waals surface area contributed by atoms with Crippen LogP contribution in [0.1, 0.15) is 42.2 Å². The van der Waals surface area contributed by atoms with E-state index in [4.69, 9.17) is 0 Å². The van der Waals surface area contributed by atoms with Gasteiger partial charge in [-0.2, -0.15) is 0 Å². The van der Waals surface area contributed by atoms with Gasteiger partial charge in [0.05, 0.1) is 0 Å². The predicted octanol–water partition coefficient (Wildman–Crippen LogP) is 1.90. The van der Waals surface area contributed by atoms with Gasteiger partial charge in [-0.25, -0.2) is 4.98 Å². The Morgan fingerprint density at radius 1 is 1.38 bits per heavy atom. The van der Waals surface area contributed by atoms with Crippen molar-refractivity contribution in [3.63, 3.8) is 0 Å². The minimum atomic E-state index is -0.0169. The molecule has 0 saturated heterocycles. The fourth-order valence-corrected chi connectivity index (χ4v) is 2.74. The Labute approximate surface area is 127 Å². The maximum atomic E-state index is 12.4. The lowest BCUT2D eigenvalue weighted by Gasteiger charge is -2.47. The number of hydrogen-bond acceptors (Lipinski definition) is 4. The van der Waals surface area contributed by atoms with E-state index in [9.17, 15) is 4.79 Å². The molecule has 0 unspecified atom stereocenters. The van der Waals surface area contributed by atoms with Crippen molar-refractivity contribution >= 4 is 11.7 Å². The van der Waals surface area contributed by atoms with Gasteiger partial charge in [-0.15, -0.1) is 0 Å². The summed E-state index contributed by atoms with van der Waals surface area (Å²) in [5.41, 5.74) is 1.75. The molecule has 1 heterocycles. The van der Waals surface area contributed by atoms with E-state index in [1.54, 1.807) is 6.07 Å². The van der Waals surface area contributed by atoms with Crippen molar-refractivity contribution < 1.29 is 4.79 Å². The molecule has 1 aliphatic carbocycles. The van der Waals surface area contributed by atoms with Crippen LogP contribution in [-0.2, 0) is 6.42 Å². The van der Waals surface area contributed by atoms with Gasteiger partial charge in [0.2, 0.25) is 0 Å². The fraction of sp³-hybridized carbons (Fsp3) is 0.625. The van der Waals surface area contributed by atoms with Gasteiger partial charge in [0.25, 0.3) is 5.91 Å². The van der Waals surface area contributed by atoms with Crippen molar-refractivity contribution in [2.75, 3.05) is 33.0 Å². The number of amides is 1. The van der Waals surface area contributed by atoms with Crippen LogP contribution in [0.15, 0.2) is 12.1 Å².